The van der Waals surface area contributed by atoms with E-state index in [1.807, 2.05) is 54.6 Å². The zero-order valence-electron chi connectivity index (χ0n) is 11.0. The number of hydrogen-bond donors (Lipinski definition) is 0. The second-order valence-electron chi connectivity index (χ2n) is 4.41. The molecule has 20 heavy (non-hydrogen) atoms. The van der Waals surface area contributed by atoms with Crippen LogP contribution in [0.3, 0.4) is 0 Å². The van der Waals surface area contributed by atoms with Crippen LogP contribution in [0.5, 0.6) is 5.75 Å². The van der Waals surface area contributed by atoms with Gasteiger partial charge in [0.25, 0.3) is 0 Å². The van der Waals surface area contributed by atoms with Crippen LogP contribution >= 0.6 is 0 Å². The molecular weight excluding hydrogens is 248 g/mol. The Morgan fingerprint density at radius 3 is 2.50 bits per heavy atom. The van der Waals surface area contributed by atoms with Crippen LogP contribution in [0.2, 0.25) is 0 Å². The molecule has 0 unspecified atom stereocenters. The van der Waals surface area contributed by atoms with E-state index in [1.54, 1.807) is 7.11 Å². The van der Waals surface area contributed by atoms with E-state index in [4.69, 9.17) is 4.74 Å². The van der Waals surface area contributed by atoms with Gasteiger partial charge in [-0.05, 0) is 36.4 Å². The summed E-state index contributed by atoms with van der Waals surface area (Å²) in [6, 6.07) is 19.4. The molecule has 0 bridgehead atoms. The van der Waals surface area contributed by atoms with Crippen LogP contribution < -0.4 is 4.74 Å². The Morgan fingerprint density at radius 2 is 1.80 bits per heavy atom. The maximum Gasteiger partial charge on any atom is 0.118 e. The van der Waals surface area contributed by atoms with Crippen molar-refractivity contribution >= 4 is 10.9 Å². The number of benzene rings is 2. The molecule has 3 nitrogen and oxygen atoms in total. The number of para-hydroxylation sites is 1. The molecular formula is C17H12N2O. The average molecular weight is 260 g/mol. The summed E-state index contributed by atoms with van der Waals surface area (Å²) in [7, 11) is 1.64. The molecule has 0 saturated carbocycles. The lowest BCUT2D eigenvalue weighted by Gasteiger charge is -2.06. The minimum absolute atomic E-state index is 0.640. The van der Waals surface area contributed by atoms with Gasteiger partial charge in [0, 0.05) is 10.9 Å². The average Bonchev–Trinajstić information content (AvgIpc) is 2.54. The van der Waals surface area contributed by atoms with E-state index in [-0.39, 0.29) is 0 Å². The molecule has 3 heteroatoms. The van der Waals surface area contributed by atoms with Gasteiger partial charge >= 0.3 is 0 Å². The topological polar surface area (TPSA) is 45.9 Å². The number of nitrogens with zero attached hydrogens (tertiary/aromatic N) is 2. The summed E-state index contributed by atoms with van der Waals surface area (Å²) in [4.78, 5) is 4.62. The lowest BCUT2D eigenvalue weighted by Crippen LogP contribution is -1.89. The second-order valence-corrected chi connectivity index (χ2v) is 4.41. The maximum absolute atomic E-state index is 9.29. The monoisotopic (exact) mass is 260 g/mol. The van der Waals surface area contributed by atoms with Crippen molar-refractivity contribution in [2.24, 2.45) is 0 Å². The quantitative estimate of drug-likeness (QED) is 0.704. The fourth-order valence-corrected chi connectivity index (χ4v) is 2.18. The normalized spacial score (nSPS) is 10.2. The summed E-state index contributed by atoms with van der Waals surface area (Å²) in [6.07, 6.45) is 0. The van der Waals surface area contributed by atoms with Crippen LogP contribution in [0, 0.1) is 11.3 Å². The zero-order valence-corrected chi connectivity index (χ0v) is 11.0. The summed E-state index contributed by atoms with van der Waals surface area (Å²) in [5.41, 5.74) is 3.23. The van der Waals surface area contributed by atoms with E-state index in [2.05, 4.69) is 11.1 Å². The SMILES string of the molecule is COc1ccc(-c2cc(C#N)c3ccccc3n2)cc1. The van der Waals surface area contributed by atoms with E-state index in [0.29, 0.717) is 5.56 Å². The van der Waals surface area contributed by atoms with Gasteiger partial charge in [0.05, 0.1) is 30.0 Å². The molecule has 0 spiro atoms. The van der Waals surface area contributed by atoms with Crippen molar-refractivity contribution in [3.05, 3.63) is 60.2 Å². The third kappa shape index (κ3) is 2.08. The molecule has 0 saturated heterocycles. The van der Waals surface area contributed by atoms with Crippen molar-refractivity contribution in [2.75, 3.05) is 7.11 Å². The van der Waals surface area contributed by atoms with Crippen molar-refractivity contribution in [2.45, 2.75) is 0 Å². The predicted molar refractivity (Wildman–Crippen MR) is 78.4 cm³/mol. The highest BCUT2D eigenvalue weighted by molar-refractivity contribution is 5.87. The maximum atomic E-state index is 9.29. The summed E-state index contributed by atoms with van der Waals surface area (Å²) in [5, 5.41) is 10.2. The summed E-state index contributed by atoms with van der Waals surface area (Å²) in [6.45, 7) is 0. The van der Waals surface area contributed by atoms with Gasteiger partial charge in [-0.2, -0.15) is 5.26 Å². The van der Waals surface area contributed by atoms with Gasteiger partial charge in [-0.25, -0.2) is 4.98 Å². The van der Waals surface area contributed by atoms with Crippen molar-refractivity contribution < 1.29 is 4.74 Å². The highest BCUT2D eigenvalue weighted by Crippen LogP contribution is 2.25. The fourth-order valence-electron chi connectivity index (χ4n) is 2.18. The first-order valence-electron chi connectivity index (χ1n) is 6.26. The summed E-state index contributed by atoms with van der Waals surface area (Å²) < 4.78 is 5.15. The first-order valence-corrected chi connectivity index (χ1v) is 6.26. The molecule has 0 aliphatic carbocycles. The molecule has 0 aliphatic heterocycles. The van der Waals surface area contributed by atoms with Crippen LogP contribution in [0.1, 0.15) is 5.56 Å². The molecule has 96 valence electrons. The first kappa shape index (κ1) is 12.2. The van der Waals surface area contributed by atoms with E-state index < -0.39 is 0 Å². The van der Waals surface area contributed by atoms with Gasteiger partial charge < -0.3 is 4.74 Å². The number of rotatable bonds is 2. The molecule has 0 atom stereocenters. The van der Waals surface area contributed by atoms with E-state index in [0.717, 1.165) is 27.9 Å². The van der Waals surface area contributed by atoms with Gasteiger partial charge in [0.15, 0.2) is 0 Å². The van der Waals surface area contributed by atoms with Crippen LogP contribution in [0.15, 0.2) is 54.6 Å². The second kappa shape index (κ2) is 5.02. The van der Waals surface area contributed by atoms with Crippen molar-refractivity contribution in [1.82, 2.24) is 4.98 Å². The largest absolute Gasteiger partial charge is 0.497 e. The van der Waals surface area contributed by atoms with Crippen LogP contribution in [-0.2, 0) is 0 Å². The summed E-state index contributed by atoms with van der Waals surface area (Å²) in [5.74, 6) is 0.801. The lowest BCUT2D eigenvalue weighted by atomic mass is 10.0. The van der Waals surface area contributed by atoms with Gasteiger partial charge in [-0.15, -0.1) is 0 Å². The van der Waals surface area contributed by atoms with Crippen LogP contribution in [0.25, 0.3) is 22.2 Å². The van der Waals surface area contributed by atoms with Crippen LogP contribution in [0.4, 0.5) is 0 Å². The number of pyridine rings is 1. The Kier molecular flexibility index (Phi) is 3.06. The van der Waals surface area contributed by atoms with E-state index >= 15 is 0 Å². The molecule has 0 aliphatic rings. The molecule has 3 aromatic rings. The smallest absolute Gasteiger partial charge is 0.118 e. The molecule has 1 heterocycles. The molecule has 1 aromatic heterocycles. The minimum atomic E-state index is 0.640. The molecule has 0 N–H and O–H groups in total. The predicted octanol–water partition coefficient (Wildman–Crippen LogP) is 3.78. The Labute approximate surface area is 117 Å². The minimum Gasteiger partial charge on any atom is -0.497 e. The molecule has 0 amide bonds. The molecule has 3 rings (SSSR count). The van der Waals surface area contributed by atoms with Crippen molar-refractivity contribution in [3.63, 3.8) is 0 Å². The Bertz CT molecular complexity index is 801. The highest BCUT2D eigenvalue weighted by Gasteiger charge is 2.07. The number of nitriles is 1. The third-order valence-electron chi connectivity index (χ3n) is 3.22. The standard InChI is InChI=1S/C17H12N2O/c1-20-14-8-6-12(7-9-14)17-10-13(11-18)15-4-2-3-5-16(15)19-17/h2-10H,1H3. The Hall–Kier alpha value is -2.86. The fraction of sp³-hybridized carbons (Fsp3) is 0.0588. The van der Waals surface area contributed by atoms with Crippen molar-refractivity contribution in [1.29, 1.82) is 5.26 Å². The molecule has 0 fully saturated rings. The van der Waals surface area contributed by atoms with E-state index in [1.165, 1.54) is 0 Å². The first-order chi connectivity index (χ1) is 9.81. The molecule has 2 aromatic carbocycles. The van der Waals surface area contributed by atoms with Crippen LogP contribution in [-0.4, -0.2) is 12.1 Å². The zero-order chi connectivity index (χ0) is 13.9. The third-order valence-corrected chi connectivity index (χ3v) is 3.22. The Morgan fingerprint density at radius 1 is 1.05 bits per heavy atom. The van der Waals surface area contributed by atoms with Gasteiger partial charge in [0.2, 0.25) is 0 Å². The number of aromatic nitrogens is 1. The highest BCUT2D eigenvalue weighted by atomic mass is 16.5. The van der Waals surface area contributed by atoms with Gasteiger partial charge in [-0.1, -0.05) is 18.2 Å². The van der Waals surface area contributed by atoms with Gasteiger partial charge in [-0.3, -0.25) is 0 Å². The Balaban J connectivity index is 2.18. The number of methoxy groups -OCH3 is 1. The number of ether oxygens (including phenoxy) is 1. The number of fused-ring (bicyclic) bond motifs is 1. The summed E-state index contributed by atoms with van der Waals surface area (Å²) >= 11 is 0. The number of hydrogen-bond acceptors (Lipinski definition) is 3. The van der Waals surface area contributed by atoms with Crippen molar-refractivity contribution in [3.8, 4) is 23.1 Å². The van der Waals surface area contributed by atoms with E-state index in [9.17, 15) is 5.26 Å². The van der Waals surface area contributed by atoms with Gasteiger partial charge in [0.1, 0.15) is 5.75 Å². The lowest BCUT2D eigenvalue weighted by molar-refractivity contribution is 0.415. The molecule has 0 radical (unpaired) electrons.